The predicted octanol–water partition coefficient (Wildman–Crippen LogP) is 3.14. The van der Waals surface area contributed by atoms with Crippen molar-refractivity contribution in [1.82, 2.24) is 19.6 Å². The minimum Gasteiger partial charge on any atom is -0.382 e. The molecule has 1 aliphatic carbocycles. The maximum atomic E-state index is 11.7. The number of carbonyl (C=O) groups is 1. The number of hydrogen-bond acceptors (Lipinski definition) is 5. The number of rotatable bonds is 3. The van der Waals surface area contributed by atoms with Gasteiger partial charge in [-0.25, -0.2) is 9.50 Å². The second kappa shape index (κ2) is 6.52. The van der Waals surface area contributed by atoms with E-state index in [1.54, 1.807) is 0 Å². The van der Waals surface area contributed by atoms with E-state index in [1.807, 2.05) is 48.0 Å². The van der Waals surface area contributed by atoms with Crippen LogP contribution in [0, 0.1) is 5.92 Å². The van der Waals surface area contributed by atoms with Gasteiger partial charge in [0.25, 0.3) is 0 Å². The number of nitrogens with two attached hydrogens (primary N) is 2. The van der Waals surface area contributed by atoms with E-state index in [2.05, 4.69) is 27.7 Å². The fourth-order valence-electron chi connectivity index (χ4n) is 4.34. The molecule has 5 rings (SSSR count). The predicted molar refractivity (Wildman–Crippen MR) is 117 cm³/mol. The first-order chi connectivity index (χ1) is 14.5. The van der Waals surface area contributed by atoms with Crippen LogP contribution in [-0.4, -0.2) is 25.5 Å². The Balaban J connectivity index is 1.81. The molecule has 1 aliphatic rings. The van der Waals surface area contributed by atoms with Crippen molar-refractivity contribution in [3.05, 3.63) is 72.3 Å². The maximum absolute atomic E-state index is 11.7. The first-order valence-corrected chi connectivity index (χ1v) is 9.62. The normalized spacial score (nSPS) is 15.8. The number of primary amides is 1. The molecule has 0 spiro atoms. The Hall–Kier alpha value is -4.00. The van der Waals surface area contributed by atoms with Gasteiger partial charge in [0.15, 0.2) is 5.82 Å². The molecular formula is C23H20N6O. The van der Waals surface area contributed by atoms with Gasteiger partial charge in [0, 0.05) is 46.2 Å². The van der Waals surface area contributed by atoms with Crippen LogP contribution in [-0.2, 0) is 11.2 Å². The van der Waals surface area contributed by atoms with E-state index in [4.69, 9.17) is 11.5 Å². The lowest BCUT2D eigenvalue weighted by molar-refractivity contribution is -0.114. The highest BCUT2D eigenvalue weighted by atomic mass is 16.1. The monoisotopic (exact) mass is 396 g/mol. The summed E-state index contributed by atoms with van der Waals surface area (Å²) in [6.45, 7) is 5.90. The third-order valence-electron chi connectivity index (χ3n) is 5.75. The highest BCUT2D eigenvalue weighted by Crippen LogP contribution is 2.43. The smallest absolute Gasteiger partial charge is 0.244 e. The van der Waals surface area contributed by atoms with Crippen LogP contribution < -0.4 is 11.5 Å². The number of carbonyl (C=O) groups excluding carboxylic acids is 1. The van der Waals surface area contributed by atoms with Gasteiger partial charge < -0.3 is 11.5 Å². The molecule has 4 aromatic rings. The van der Waals surface area contributed by atoms with Crippen LogP contribution in [0.4, 0.5) is 5.82 Å². The van der Waals surface area contributed by atoms with Crippen molar-refractivity contribution in [3.63, 3.8) is 0 Å². The van der Waals surface area contributed by atoms with Gasteiger partial charge in [-0.05, 0) is 24.6 Å². The number of anilines is 1. The molecule has 1 aromatic carbocycles. The molecule has 0 fully saturated rings. The van der Waals surface area contributed by atoms with Crippen LogP contribution in [0.3, 0.4) is 0 Å². The molecule has 1 atom stereocenters. The number of nitrogens with zero attached hydrogens (tertiary/aromatic N) is 4. The molecule has 0 bridgehead atoms. The van der Waals surface area contributed by atoms with Gasteiger partial charge in [-0.3, -0.25) is 9.78 Å². The summed E-state index contributed by atoms with van der Waals surface area (Å²) in [6, 6.07) is 10.1. The van der Waals surface area contributed by atoms with Gasteiger partial charge in [0.2, 0.25) is 5.91 Å². The molecule has 30 heavy (non-hydrogen) atoms. The quantitative estimate of drug-likeness (QED) is 0.517. The van der Waals surface area contributed by atoms with Crippen molar-refractivity contribution in [2.24, 2.45) is 11.7 Å². The number of benzene rings is 1. The lowest BCUT2D eigenvalue weighted by atomic mass is 9.83. The van der Waals surface area contributed by atoms with Crippen molar-refractivity contribution in [3.8, 4) is 11.1 Å². The SMILES string of the molecule is C=C(C(N)=O)C1C=C(C)c2c(-c3cnc4ccccc4c3)c3c(N)ncnn3c2C1. The number of allylic oxidation sites excluding steroid dienone is 2. The van der Waals surface area contributed by atoms with E-state index >= 15 is 0 Å². The molecule has 148 valence electrons. The minimum absolute atomic E-state index is 0.188. The molecule has 4 N–H and O–H groups in total. The Labute approximate surface area is 172 Å². The number of para-hydroxylation sites is 1. The zero-order chi connectivity index (χ0) is 21.0. The molecule has 1 amide bonds. The molecule has 3 heterocycles. The molecule has 0 aliphatic heterocycles. The van der Waals surface area contributed by atoms with Crippen LogP contribution >= 0.6 is 0 Å². The minimum atomic E-state index is -0.499. The average molecular weight is 396 g/mol. The number of pyridine rings is 1. The zero-order valence-corrected chi connectivity index (χ0v) is 16.5. The number of hydrogen-bond donors (Lipinski definition) is 2. The second-order valence-electron chi connectivity index (χ2n) is 7.57. The summed E-state index contributed by atoms with van der Waals surface area (Å²) in [7, 11) is 0. The zero-order valence-electron chi connectivity index (χ0n) is 16.5. The largest absolute Gasteiger partial charge is 0.382 e. The van der Waals surface area contributed by atoms with Crippen molar-refractivity contribution >= 4 is 33.7 Å². The summed E-state index contributed by atoms with van der Waals surface area (Å²) in [5.74, 6) is -0.297. The Morgan fingerprint density at radius 3 is 2.83 bits per heavy atom. The van der Waals surface area contributed by atoms with Crippen LogP contribution in [0.1, 0.15) is 18.2 Å². The fraction of sp³-hybridized carbons (Fsp3) is 0.130. The first kappa shape index (κ1) is 18.1. The van der Waals surface area contributed by atoms with Gasteiger partial charge in [-0.2, -0.15) is 5.10 Å². The highest BCUT2D eigenvalue weighted by Gasteiger charge is 2.30. The van der Waals surface area contributed by atoms with E-state index in [9.17, 15) is 4.79 Å². The topological polar surface area (TPSA) is 112 Å². The number of aromatic nitrogens is 4. The molecule has 7 nitrogen and oxygen atoms in total. The summed E-state index contributed by atoms with van der Waals surface area (Å²) in [5, 5.41) is 5.51. The highest BCUT2D eigenvalue weighted by molar-refractivity contribution is 6.00. The third-order valence-corrected chi connectivity index (χ3v) is 5.75. The van der Waals surface area contributed by atoms with Gasteiger partial charge in [-0.1, -0.05) is 30.9 Å². The van der Waals surface area contributed by atoms with Crippen LogP contribution in [0.25, 0.3) is 33.1 Å². The molecule has 0 saturated heterocycles. The van der Waals surface area contributed by atoms with Gasteiger partial charge in [-0.15, -0.1) is 0 Å². The molecule has 7 heteroatoms. The third kappa shape index (κ3) is 2.59. The van der Waals surface area contributed by atoms with Crippen molar-refractivity contribution in [2.45, 2.75) is 13.3 Å². The molecule has 0 radical (unpaired) electrons. The first-order valence-electron chi connectivity index (χ1n) is 9.62. The Bertz CT molecular complexity index is 1400. The fourth-order valence-corrected chi connectivity index (χ4v) is 4.34. The van der Waals surface area contributed by atoms with E-state index in [0.717, 1.165) is 44.4 Å². The molecule has 0 saturated carbocycles. The molecular weight excluding hydrogens is 376 g/mol. The number of nitrogen functional groups attached to an aromatic ring is 1. The van der Waals surface area contributed by atoms with Crippen LogP contribution in [0.5, 0.6) is 0 Å². The van der Waals surface area contributed by atoms with Crippen molar-refractivity contribution in [1.29, 1.82) is 0 Å². The van der Waals surface area contributed by atoms with Crippen molar-refractivity contribution < 1.29 is 4.79 Å². The van der Waals surface area contributed by atoms with Crippen molar-refractivity contribution in [2.75, 3.05) is 5.73 Å². The van der Waals surface area contributed by atoms with E-state index in [1.165, 1.54) is 6.33 Å². The summed E-state index contributed by atoms with van der Waals surface area (Å²) < 4.78 is 1.82. The molecule has 3 aromatic heterocycles. The summed E-state index contributed by atoms with van der Waals surface area (Å²) in [5.41, 5.74) is 18.7. The summed E-state index contributed by atoms with van der Waals surface area (Å²) in [6.07, 6.45) is 5.88. The Morgan fingerprint density at radius 1 is 1.23 bits per heavy atom. The lowest BCUT2D eigenvalue weighted by Gasteiger charge is -2.21. The molecule has 1 unspecified atom stereocenters. The number of fused-ring (bicyclic) bond motifs is 4. The standard InChI is InChI=1S/C23H20N6O/c1-12-7-15(13(2)23(25)30)9-18-19(12)20(21-22(24)27-11-28-29(18)21)16-8-14-5-3-4-6-17(14)26-10-16/h3-8,10-11,15H,2,9H2,1H3,(H2,25,30)(H2,24,27,28). The van der Waals surface area contributed by atoms with Gasteiger partial charge >= 0.3 is 0 Å². The van der Waals surface area contributed by atoms with E-state index < -0.39 is 5.91 Å². The second-order valence-corrected chi connectivity index (χ2v) is 7.57. The van der Waals surface area contributed by atoms with Gasteiger partial charge in [0.05, 0.1) is 11.2 Å². The van der Waals surface area contributed by atoms with Crippen LogP contribution in [0.15, 0.2) is 61.1 Å². The summed E-state index contributed by atoms with van der Waals surface area (Å²) in [4.78, 5) is 20.6. The Morgan fingerprint density at radius 2 is 2.03 bits per heavy atom. The van der Waals surface area contributed by atoms with Gasteiger partial charge in [0.1, 0.15) is 11.8 Å². The van der Waals surface area contributed by atoms with E-state index in [-0.39, 0.29) is 5.92 Å². The number of amides is 1. The van der Waals surface area contributed by atoms with E-state index in [0.29, 0.717) is 17.8 Å². The Kier molecular flexibility index (Phi) is 3.92. The summed E-state index contributed by atoms with van der Waals surface area (Å²) >= 11 is 0. The lowest BCUT2D eigenvalue weighted by Crippen LogP contribution is -2.22. The average Bonchev–Trinajstić information content (AvgIpc) is 3.09. The maximum Gasteiger partial charge on any atom is 0.244 e. The van der Waals surface area contributed by atoms with Crippen LogP contribution in [0.2, 0.25) is 0 Å².